The van der Waals surface area contributed by atoms with E-state index in [2.05, 4.69) is 28.4 Å². The zero-order chi connectivity index (χ0) is 14.1. The van der Waals surface area contributed by atoms with Crippen LogP contribution in [0.2, 0.25) is 0 Å². The third-order valence-corrected chi connectivity index (χ3v) is 4.81. The number of aromatic nitrogens is 3. The molecule has 2 aromatic heterocycles. The van der Waals surface area contributed by atoms with Crippen molar-refractivity contribution in [3.63, 3.8) is 0 Å². The van der Waals surface area contributed by atoms with Crippen LogP contribution < -0.4 is 5.73 Å². The molecule has 0 bridgehead atoms. The average Bonchev–Trinajstić information content (AvgIpc) is 3.05. The third kappa shape index (κ3) is 2.19. The number of nitrogens with zero attached hydrogens (tertiary/aromatic N) is 3. The van der Waals surface area contributed by atoms with E-state index in [4.69, 9.17) is 5.73 Å². The molecule has 3 unspecified atom stereocenters. The number of imidazole rings is 1. The van der Waals surface area contributed by atoms with Crippen LogP contribution in [0.4, 0.5) is 5.82 Å². The van der Waals surface area contributed by atoms with E-state index in [1.165, 1.54) is 19.3 Å². The van der Waals surface area contributed by atoms with Gasteiger partial charge >= 0.3 is 0 Å². The smallest absolute Gasteiger partial charge is 0.123 e. The molecule has 3 rings (SSSR count). The average molecular weight is 270 g/mol. The van der Waals surface area contributed by atoms with Crippen LogP contribution in [0.5, 0.6) is 0 Å². The SMILES string of the molecule is CCC1CCC(n2cncc2-c2ccc(N)nc2)C1C. The molecule has 20 heavy (non-hydrogen) atoms. The van der Waals surface area contributed by atoms with Crippen LogP contribution in [0.1, 0.15) is 39.2 Å². The van der Waals surface area contributed by atoms with Crippen molar-refractivity contribution in [3.8, 4) is 11.3 Å². The summed E-state index contributed by atoms with van der Waals surface area (Å²) in [7, 11) is 0. The second kappa shape index (κ2) is 5.27. The highest BCUT2D eigenvalue weighted by Gasteiger charge is 2.33. The summed E-state index contributed by atoms with van der Waals surface area (Å²) in [5, 5.41) is 0. The Kier molecular flexibility index (Phi) is 3.47. The number of pyridine rings is 1. The fourth-order valence-corrected chi connectivity index (χ4v) is 3.54. The number of nitrogen functional groups attached to an aromatic ring is 1. The van der Waals surface area contributed by atoms with Crippen LogP contribution in [0, 0.1) is 11.8 Å². The van der Waals surface area contributed by atoms with Crippen molar-refractivity contribution in [1.82, 2.24) is 14.5 Å². The number of nitrogens with two attached hydrogens (primary N) is 1. The van der Waals surface area contributed by atoms with Gasteiger partial charge in [0.1, 0.15) is 5.82 Å². The Balaban J connectivity index is 1.93. The molecule has 3 atom stereocenters. The molecule has 2 aromatic rings. The van der Waals surface area contributed by atoms with Crippen molar-refractivity contribution in [2.24, 2.45) is 11.8 Å². The van der Waals surface area contributed by atoms with Crippen molar-refractivity contribution in [2.45, 2.75) is 39.2 Å². The lowest BCUT2D eigenvalue weighted by molar-refractivity contribution is 0.331. The first kappa shape index (κ1) is 13.2. The zero-order valence-corrected chi connectivity index (χ0v) is 12.2. The summed E-state index contributed by atoms with van der Waals surface area (Å²) >= 11 is 0. The van der Waals surface area contributed by atoms with Gasteiger partial charge in [0, 0.05) is 17.8 Å². The zero-order valence-electron chi connectivity index (χ0n) is 12.2. The van der Waals surface area contributed by atoms with Gasteiger partial charge in [0.15, 0.2) is 0 Å². The standard InChI is InChI=1S/C16H22N4/c1-3-12-4-6-14(11(12)2)20-10-18-9-15(20)13-5-7-16(17)19-8-13/h5,7-12,14H,3-4,6H2,1-2H3,(H2,17,19). The normalized spacial score (nSPS) is 26.0. The number of rotatable bonds is 3. The topological polar surface area (TPSA) is 56.7 Å². The first-order valence-corrected chi connectivity index (χ1v) is 7.44. The maximum atomic E-state index is 5.66. The molecular formula is C16H22N4. The van der Waals surface area contributed by atoms with Crippen LogP contribution in [-0.4, -0.2) is 14.5 Å². The Labute approximate surface area is 120 Å². The Bertz CT molecular complexity index is 572. The predicted octanol–water partition coefficient (Wildman–Crippen LogP) is 3.52. The van der Waals surface area contributed by atoms with Crippen LogP contribution in [0.3, 0.4) is 0 Å². The molecule has 0 saturated heterocycles. The highest BCUT2D eigenvalue weighted by Crippen LogP contribution is 2.43. The minimum absolute atomic E-state index is 0.551. The molecule has 0 amide bonds. The van der Waals surface area contributed by atoms with E-state index >= 15 is 0 Å². The van der Waals surface area contributed by atoms with E-state index in [0.717, 1.165) is 17.2 Å². The van der Waals surface area contributed by atoms with Crippen LogP contribution in [0.25, 0.3) is 11.3 Å². The maximum Gasteiger partial charge on any atom is 0.123 e. The first-order chi connectivity index (χ1) is 9.70. The molecule has 1 saturated carbocycles. The van der Waals surface area contributed by atoms with Crippen molar-refractivity contribution < 1.29 is 0 Å². The molecule has 1 aliphatic rings. The van der Waals surface area contributed by atoms with Gasteiger partial charge in [-0.25, -0.2) is 9.97 Å². The summed E-state index contributed by atoms with van der Waals surface area (Å²) in [4.78, 5) is 8.54. The molecule has 106 valence electrons. The van der Waals surface area contributed by atoms with Gasteiger partial charge in [-0.2, -0.15) is 0 Å². The Morgan fingerprint density at radius 1 is 1.30 bits per heavy atom. The number of anilines is 1. The van der Waals surface area contributed by atoms with E-state index in [1.807, 2.05) is 30.9 Å². The second-order valence-corrected chi connectivity index (χ2v) is 5.83. The monoisotopic (exact) mass is 270 g/mol. The minimum Gasteiger partial charge on any atom is -0.384 e. The number of hydrogen-bond donors (Lipinski definition) is 1. The lowest BCUT2D eigenvalue weighted by Crippen LogP contribution is -2.15. The fraction of sp³-hybridized carbons (Fsp3) is 0.500. The molecule has 4 nitrogen and oxygen atoms in total. The van der Waals surface area contributed by atoms with E-state index < -0.39 is 0 Å². The lowest BCUT2D eigenvalue weighted by Gasteiger charge is -2.23. The lowest BCUT2D eigenvalue weighted by atomic mass is 9.93. The van der Waals surface area contributed by atoms with E-state index in [0.29, 0.717) is 17.8 Å². The molecule has 2 N–H and O–H groups in total. The quantitative estimate of drug-likeness (QED) is 0.928. The third-order valence-electron chi connectivity index (χ3n) is 4.81. The molecule has 0 spiro atoms. The predicted molar refractivity (Wildman–Crippen MR) is 81.1 cm³/mol. The maximum absolute atomic E-state index is 5.66. The van der Waals surface area contributed by atoms with E-state index in [9.17, 15) is 0 Å². The van der Waals surface area contributed by atoms with Gasteiger partial charge in [-0.15, -0.1) is 0 Å². The second-order valence-electron chi connectivity index (χ2n) is 5.83. The highest BCUT2D eigenvalue weighted by atomic mass is 15.1. The Morgan fingerprint density at radius 3 is 2.80 bits per heavy atom. The van der Waals surface area contributed by atoms with Gasteiger partial charge in [0.05, 0.1) is 18.2 Å². The van der Waals surface area contributed by atoms with Crippen LogP contribution in [-0.2, 0) is 0 Å². The summed E-state index contributed by atoms with van der Waals surface area (Å²) in [6.07, 6.45) is 9.56. The van der Waals surface area contributed by atoms with Crippen LogP contribution in [0.15, 0.2) is 30.9 Å². The molecule has 0 aromatic carbocycles. The largest absolute Gasteiger partial charge is 0.384 e. The highest BCUT2D eigenvalue weighted by molar-refractivity contribution is 5.59. The minimum atomic E-state index is 0.551. The molecule has 0 aliphatic heterocycles. The van der Waals surface area contributed by atoms with Crippen molar-refractivity contribution >= 4 is 5.82 Å². The van der Waals surface area contributed by atoms with Crippen LogP contribution >= 0.6 is 0 Å². The molecular weight excluding hydrogens is 248 g/mol. The van der Waals surface area contributed by atoms with Crippen molar-refractivity contribution in [3.05, 3.63) is 30.9 Å². The van der Waals surface area contributed by atoms with Gasteiger partial charge in [-0.3, -0.25) is 0 Å². The van der Waals surface area contributed by atoms with Crippen molar-refractivity contribution in [2.75, 3.05) is 5.73 Å². The van der Waals surface area contributed by atoms with Gasteiger partial charge in [-0.05, 0) is 36.8 Å². The van der Waals surface area contributed by atoms with Crippen molar-refractivity contribution in [1.29, 1.82) is 0 Å². The summed E-state index contributed by atoms with van der Waals surface area (Å²) < 4.78 is 2.33. The molecule has 4 heteroatoms. The summed E-state index contributed by atoms with van der Waals surface area (Å²) in [5.74, 6) is 2.09. The number of hydrogen-bond acceptors (Lipinski definition) is 3. The van der Waals surface area contributed by atoms with Gasteiger partial charge < -0.3 is 10.3 Å². The van der Waals surface area contributed by atoms with Gasteiger partial charge in [-0.1, -0.05) is 20.3 Å². The Morgan fingerprint density at radius 2 is 2.15 bits per heavy atom. The fourth-order valence-electron chi connectivity index (χ4n) is 3.54. The summed E-state index contributed by atoms with van der Waals surface area (Å²) in [5.41, 5.74) is 7.90. The van der Waals surface area contributed by atoms with E-state index in [1.54, 1.807) is 0 Å². The summed E-state index contributed by atoms with van der Waals surface area (Å²) in [6, 6.07) is 4.42. The first-order valence-electron chi connectivity index (χ1n) is 7.44. The van der Waals surface area contributed by atoms with E-state index in [-0.39, 0.29) is 0 Å². The molecule has 1 aliphatic carbocycles. The Hall–Kier alpha value is -1.84. The van der Waals surface area contributed by atoms with Gasteiger partial charge in [0.2, 0.25) is 0 Å². The molecule has 0 radical (unpaired) electrons. The molecule has 1 fully saturated rings. The van der Waals surface area contributed by atoms with Gasteiger partial charge in [0.25, 0.3) is 0 Å². The molecule has 2 heterocycles. The summed E-state index contributed by atoms with van der Waals surface area (Å²) in [6.45, 7) is 4.67.